The molecule has 8 heteroatoms. The molecule has 0 unspecified atom stereocenters. The van der Waals surface area contributed by atoms with Crippen LogP contribution in [0.3, 0.4) is 0 Å². The van der Waals surface area contributed by atoms with Gasteiger partial charge in [-0.25, -0.2) is 10.2 Å². The molecular formula is C18H17IN2O5. The number of para-hydroxylation sites is 1. The van der Waals surface area contributed by atoms with Crippen molar-refractivity contribution in [1.82, 2.24) is 5.43 Å². The van der Waals surface area contributed by atoms with Crippen LogP contribution in [-0.4, -0.2) is 36.4 Å². The second-order valence-corrected chi connectivity index (χ2v) is 6.43. The van der Waals surface area contributed by atoms with Crippen molar-refractivity contribution in [3.8, 4) is 11.5 Å². The number of aliphatic carboxylic acids is 1. The Labute approximate surface area is 164 Å². The van der Waals surface area contributed by atoms with Gasteiger partial charge in [0.15, 0.2) is 17.6 Å². The quantitative estimate of drug-likeness (QED) is 0.370. The molecular weight excluding hydrogens is 451 g/mol. The second-order valence-electron chi connectivity index (χ2n) is 5.19. The lowest BCUT2D eigenvalue weighted by Crippen LogP contribution is -2.24. The fourth-order valence-electron chi connectivity index (χ4n) is 2.00. The van der Waals surface area contributed by atoms with Gasteiger partial charge in [0.1, 0.15) is 0 Å². The Bertz CT molecular complexity index is 838. The molecule has 2 N–H and O–H groups in total. The number of methoxy groups -OCH3 is 1. The summed E-state index contributed by atoms with van der Waals surface area (Å²) in [6.45, 7) is 1.41. The van der Waals surface area contributed by atoms with Gasteiger partial charge in [-0.05, 0) is 59.8 Å². The van der Waals surface area contributed by atoms with Crippen LogP contribution in [0.1, 0.15) is 22.8 Å². The van der Waals surface area contributed by atoms with Gasteiger partial charge in [0, 0.05) is 14.7 Å². The first-order chi connectivity index (χ1) is 12.4. The largest absolute Gasteiger partial charge is 0.493 e. The van der Waals surface area contributed by atoms with Crippen LogP contribution in [0.2, 0.25) is 0 Å². The third-order valence-corrected chi connectivity index (χ3v) is 4.00. The number of hydrogen-bond donors (Lipinski definition) is 2. The van der Waals surface area contributed by atoms with E-state index in [2.05, 4.69) is 33.1 Å². The maximum atomic E-state index is 12.1. The van der Waals surface area contributed by atoms with E-state index in [4.69, 9.17) is 14.6 Å². The highest BCUT2D eigenvalue weighted by Crippen LogP contribution is 2.31. The number of amides is 1. The SMILES string of the molecule is COc1cccc(/C=N\NC(=O)c2cccc(I)c2)c1O[C@@H](C)C(=O)O. The maximum absolute atomic E-state index is 12.1. The summed E-state index contributed by atoms with van der Waals surface area (Å²) >= 11 is 2.12. The van der Waals surface area contributed by atoms with Crippen LogP contribution < -0.4 is 14.9 Å². The standard InChI is InChI=1S/C18H17IN2O5/c1-11(18(23)24)26-16-13(6-4-8-15(16)25-2)10-20-21-17(22)12-5-3-7-14(19)9-12/h3-11H,1-2H3,(H,21,22)(H,23,24)/b20-10-/t11-/m0/s1. The Morgan fingerprint density at radius 3 is 2.65 bits per heavy atom. The molecule has 0 radical (unpaired) electrons. The van der Waals surface area contributed by atoms with Crippen LogP contribution in [0, 0.1) is 3.57 Å². The second kappa shape index (κ2) is 9.18. The van der Waals surface area contributed by atoms with Gasteiger partial charge in [-0.1, -0.05) is 12.1 Å². The smallest absolute Gasteiger partial charge is 0.344 e. The molecule has 2 rings (SSSR count). The summed E-state index contributed by atoms with van der Waals surface area (Å²) in [6.07, 6.45) is 0.303. The number of rotatable bonds is 7. The predicted molar refractivity (Wildman–Crippen MR) is 105 cm³/mol. The van der Waals surface area contributed by atoms with E-state index in [1.807, 2.05) is 6.07 Å². The summed E-state index contributed by atoms with van der Waals surface area (Å²) < 4.78 is 11.6. The number of halogens is 1. The molecule has 1 amide bonds. The van der Waals surface area contributed by atoms with Crippen molar-refractivity contribution in [2.75, 3.05) is 7.11 Å². The number of nitrogens with zero attached hydrogens (tertiary/aromatic N) is 1. The summed E-state index contributed by atoms with van der Waals surface area (Å²) in [5.74, 6) is -0.863. The van der Waals surface area contributed by atoms with Gasteiger partial charge < -0.3 is 14.6 Å². The van der Waals surface area contributed by atoms with Crippen LogP contribution in [0.25, 0.3) is 0 Å². The third kappa shape index (κ3) is 5.19. The van der Waals surface area contributed by atoms with Crippen molar-refractivity contribution in [2.45, 2.75) is 13.0 Å². The molecule has 0 fully saturated rings. The van der Waals surface area contributed by atoms with E-state index in [-0.39, 0.29) is 11.7 Å². The number of carbonyl (C=O) groups excluding carboxylic acids is 1. The third-order valence-electron chi connectivity index (χ3n) is 3.33. The molecule has 0 heterocycles. The zero-order chi connectivity index (χ0) is 19.1. The van der Waals surface area contributed by atoms with Gasteiger partial charge in [-0.2, -0.15) is 5.10 Å². The highest BCUT2D eigenvalue weighted by atomic mass is 127. The molecule has 0 saturated carbocycles. The van der Waals surface area contributed by atoms with Crippen LogP contribution in [-0.2, 0) is 4.79 Å². The van der Waals surface area contributed by atoms with E-state index >= 15 is 0 Å². The first-order valence-corrected chi connectivity index (χ1v) is 8.65. The molecule has 7 nitrogen and oxygen atoms in total. The fraction of sp³-hybridized carbons (Fsp3) is 0.167. The minimum Gasteiger partial charge on any atom is -0.493 e. The zero-order valence-electron chi connectivity index (χ0n) is 14.1. The lowest BCUT2D eigenvalue weighted by molar-refractivity contribution is -0.144. The van der Waals surface area contributed by atoms with E-state index in [1.54, 1.807) is 36.4 Å². The molecule has 136 valence electrons. The van der Waals surface area contributed by atoms with E-state index in [9.17, 15) is 9.59 Å². The molecule has 0 spiro atoms. The molecule has 26 heavy (non-hydrogen) atoms. The van der Waals surface area contributed by atoms with E-state index in [0.717, 1.165) is 3.57 Å². The Morgan fingerprint density at radius 1 is 1.27 bits per heavy atom. The number of benzene rings is 2. The molecule has 2 aromatic rings. The summed E-state index contributed by atoms with van der Waals surface area (Å²) in [5.41, 5.74) is 3.38. The summed E-state index contributed by atoms with van der Waals surface area (Å²) in [6, 6.07) is 12.1. The summed E-state index contributed by atoms with van der Waals surface area (Å²) in [4.78, 5) is 23.1. The number of carboxylic acid groups (broad SMARTS) is 1. The highest BCUT2D eigenvalue weighted by Gasteiger charge is 2.18. The monoisotopic (exact) mass is 468 g/mol. The van der Waals surface area contributed by atoms with E-state index in [0.29, 0.717) is 16.9 Å². The number of hydrazone groups is 1. The Kier molecular flexibility index (Phi) is 6.96. The fourth-order valence-corrected chi connectivity index (χ4v) is 2.55. The normalized spacial score (nSPS) is 11.8. The minimum absolute atomic E-state index is 0.233. The summed E-state index contributed by atoms with van der Waals surface area (Å²) in [5, 5.41) is 13.0. The van der Waals surface area contributed by atoms with Gasteiger partial charge in [0.2, 0.25) is 0 Å². The van der Waals surface area contributed by atoms with Gasteiger partial charge in [0.25, 0.3) is 5.91 Å². The average Bonchev–Trinajstić information content (AvgIpc) is 2.62. The lowest BCUT2D eigenvalue weighted by atomic mass is 10.2. The van der Waals surface area contributed by atoms with Crippen molar-refractivity contribution in [2.24, 2.45) is 5.10 Å². The predicted octanol–water partition coefficient (Wildman–Crippen LogP) is 2.92. The molecule has 1 atom stereocenters. The number of carbonyl (C=O) groups is 2. The number of carboxylic acids is 1. The molecule has 0 aromatic heterocycles. The minimum atomic E-state index is -1.11. The molecule has 0 saturated heterocycles. The molecule has 2 aromatic carbocycles. The van der Waals surface area contributed by atoms with Gasteiger partial charge in [-0.3, -0.25) is 4.79 Å². The van der Waals surface area contributed by atoms with Crippen molar-refractivity contribution >= 4 is 40.7 Å². The Balaban J connectivity index is 2.18. The molecule has 0 aliphatic heterocycles. The van der Waals surface area contributed by atoms with Crippen LogP contribution >= 0.6 is 22.6 Å². The Hall–Kier alpha value is -2.62. The van der Waals surface area contributed by atoms with Gasteiger partial charge >= 0.3 is 5.97 Å². The first kappa shape index (κ1) is 19.7. The van der Waals surface area contributed by atoms with Gasteiger partial charge in [-0.15, -0.1) is 0 Å². The number of nitrogens with one attached hydrogen (secondary N) is 1. The first-order valence-electron chi connectivity index (χ1n) is 7.57. The van der Waals surface area contributed by atoms with Crippen molar-refractivity contribution < 1.29 is 24.2 Å². The molecule has 0 aliphatic carbocycles. The van der Waals surface area contributed by atoms with Crippen molar-refractivity contribution in [3.63, 3.8) is 0 Å². The number of ether oxygens (including phenoxy) is 2. The topological polar surface area (TPSA) is 97.2 Å². The van der Waals surface area contributed by atoms with Crippen molar-refractivity contribution in [1.29, 1.82) is 0 Å². The van der Waals surface area contributed by atoms with E-state index in [1.165, 1.54) is 20.2 Å². The average molecular weight is 468 g/mol. The zero-order valence-corrected chi connectivity index (χ0v) is 16.3. The molecule has 0 bridgehead atoms. The molecule has 0 aliphatic rings. The van der Waals surface area contributed by atoms with E-state index < -0.39 is 12.1 Å². The van der Waals surface area contributed by atoms with Crippen LogP contribution in [0.5, 0.6) is 11.5 Å². The highest BCUT2D eigenvalue weighted by molar-refractivity contribution is 14.1. The Morgan fingerprint density at radius 2 is 2.00 bits per heavy atom. The lowest BCUT2D eigenvalue weighted by Gasteiger charge is -2.15. The maximum Gasteiger partial charge on any atom is 0.344 e. The van der Waals surface area contributed by atoms with Gasteiger partial charge in [0.05, 0.1) is 13.3 Å². The van der Waals surface area contributed by atoms with Crippen molar-refractivity contribution in [3.05, 3.63) is 57.2 Å². The van der Waals surface area contributed by atoms with Crippen LogP contribution in [0.4, 0.5) is 0 Å². The summed E-state index contributed by atoms with van der Waals surface area (Å²) in [7, 11) is 1.45. The van der Waals surface area contributed by atoms with Crippen LogP contribution in [0.15, 0.2) is 47.6 Å². The number of hydrogen-bond acceptors (Lipinski definition) is 5.